The van der Waals surface area contributed by atoms with Crippen molar-refractivity contribution in [3.05, 3.63) is 52.5 Å². The van der Waals surface area contributed by atoms with E-state index in [0.29, 0.717) is 24.5 Å². The topological polar surface area (TPSA) is 47.6 Å². The number of anilines is 1. The molecule has 4 nitrogen and oxygen atoms in total. The Bertz CT molecular complexity index is 809. The van der Waals surface area contributed by atoms with Crippen LogP contribution in [0.5, 0.6) is 11.5 Å². The van der Waals surface area contributed by atoms with Crippen molar-refractivity contribution >= 4 is 23.2 Å². The summed E-state index contributed by atoms with van der Waals surface area (Å²) in [6.07, 6.45) is -4.09. The van der Waals surface area contributed by atoms with Crippen molar-refractivity contribution < 1.29 is 27.4 Å². The van der Waals surface area contributed by atoms with Crippen LogP contribution in [0.15, 0.2) is 36.4 Å². The van der Waals surface area contributed by atoms with Gasteiger partial charge in [-0.2, -0.15) is 13.2 Å². The zero-order valence-corrected chi connectivity index (χ0v) is 15.6. The first-order valence-electron chi connectivity index (χ1n) is 8.21. The van der Waals surface area contributed by atoms with E-state index in [4.69, 9.17) is 21.1 Å². The van der Waals surface area contributed by atoms with Crippen LogP contribution in [-0.2, 0) is 17.4 Å². The van der Waals surface area contributed by atoms with Gasteiger partial charge in [-0.25, -0.2) is 0 Å². The molecule has 0 saturated heterocycles. The Balaban J connectivity index is 2.01. The van der Waals surface area contributed by atoms with E-state index in [1.807, 2.05) is 13.0 Å². The molecule has 1 amide bonds. The van der Waals surface area contributed by atoms with Crippen LogP contribution in [0.1, 0.15) is 24.5 Å². The van der Waals surface area contributed by atoms with Crippen LogP contribution in [0.25, 0.3) is 0 Å². The number of carbonyl (C=O) groups is 1. The van der Waals surface area contributed by atoms with Gasteiger partial charge in [0.15, 0.2) is 11.5 Å². The maximum Gasteiger partial charge on any atom is 0.417 e. The standard InChI is InChI=1S/C19H19ClF3NO3/c1-3-27-16-8-4-12(10-17(16)26-2)5-9-18(25)24-13-6-7-15(20)14(11-13)19(21,22)23/h4,6-8,10-11H,3,5,9H2,1-2H3,(H,24,25). The van der Waals surface area contributed by atoms with Crippen LogP contribution in [0.2, 0.25) is 5.02 Å². The van der Waals surface area contributed by atoms with Gasteiger partial charge < -0.3 is 14.8 Å². The fraction of sp³-hybridized carbons (Fsp3) is 0.316. The summed E-state index contributed by atoms with van der Waals surface area (Å²) in [5, 5.41) is 2.04. The molecule has 0 spiro atoms. The Hall–Kier alpha value is -2.41. The van der Waals surface area contributed by atoms with E-state index in [9.17, 15) is 18.0 Å². The minimum atomic E-state index is -4.59. The third kappa shape index (κ3) is 5.79. The number of aryl methyl sites for hydroxylation is 1. The van der Waals surface area contributed by atoms with Crippen molar-refractivity contribution in [3.63, 3.8) is 0 Å². The minimum absolute atomic E-state index is 0.0426. The third-order valence-corrected chi connectivity index (χ3v) is 4.05. The average Bonchev–Trinajstić information content (AvgIpc) is 2.61. The lowest BCUT2D eigenvalue weighted by Gasteiger charge is -2.12. The molecule has 2 aromatic carbocycles. The lowest BCUT2D eigenvalue weighted by molar-refractivity contribution is -0.137. The van der Waals surface area contributed by atoms with E-state index in [1.54, 1.807) is 12.1 Å². The van der Waals surface area contributed by atoms with Gasteiger partial charge in [-0.3, -0.25) is 4.79 Å². The molecule has 0 bridgehead atoms. The molecule has 0 fully saturated rings. The van der Waals surface area contributed by atoms with Crippen LogP contribution in [0.4, 0.5) is 18.9 Å². The SMILES string of the molecule is CCOc1ccc(CCC(=O)Nc2ccc(Cl)c(C(F)(F)F)c2)cc1OC. The summed E-state index contributed by atoms with van der Waals surface area (Å²) >= 11 is 5.57. The first-order valence-corrected chi connectivity index (χ1v) is 8.58. The number of amides is 1. The third-order valence-electron chi connectivity index (χ3n) is 3.72. The summed E-state index contributed by atoms with van der Waals surface area (Å²) in [4.78, 5) is 12.1. The van der Waals surface area contributed by atoms with E-state index in [2.05, 4.69) is 5.32 Å². The van der Waals surface area contributed by atoms with Gasteiger partial charge in [-0.05, 0) is 49.2 Å². The van der Waals surface area contributed by atoms with Crippen LogP contribution in [0, 0.1) is 0 Å². The number of ether oxygens (including phenoxy) is 2. The average molecular weight is 402 g/mol. The van der Waals surface area contributed by atoms with E-state index in [-0.39, 0.29) is 12.1 Å². The predicted molar refractivity (Wildman–Crippen MR) is 97.6 cm³/mol. The fourth-order valence-corrected chi connectivity index (χ4v) is 2.67. The highest BCUT2D eigenvalue weighted by Crippen LogP contribution is 2.36. The number of methoxy groups -OCH3 is 1. The van der Waals surface area contributed by atoms with Gasteiger partial charge in [0.25, 0.3) is 0 Å². The molecule has 0 unspecified atom stereocenters. The molecule has 146 valence electrons. The van der Waals surface area contributed by atoms with Crippen LogP contribution in [-0.4, -0.2) is 19.6 Å². The number of alkyl halides is 3. The van der Waals surface area contributed by atoms with Crippen molar-refractivity contribution in [2.75, 3.05) is 19.0 Å². The van der Waals surface area contributed by atoms with Crippen LogP contribution in [0.3, 0.4) is 0 Å². The zero-order chi connectivity index (χ0) is 20.0. The second-order valence-electron chi connectivity index (χ2n) is 5.66. The van der Waals surface area contributed by atoms with Crippen LogP contribution < -0.4 is 14.8 Å². The van der Waals surface area contributed by atoms with E-state index in [1.165, 1.54) is 13.2 Å². The lowest BCUT2D eigenvalue weighted by atomic mass is 10.1. The monoisotopic (exact) mass is 401 g/mol. The molecule has 8 heteroatoms. The molecule has 0 saturated carbocycles. The summed E-state index contributed by atoms with van der Waals surface area (Å²) < 4.78 is 49.3. The molecule has 27 heavy (non-hydrogen) atoms. The fourth-order valence-electron chi connectivity index (χ4n) is 2.44. The number of halogens is 4. The number of hydrogen-bond donors (Lipinski definition) is 1. The maximum absolute atomic E-state index is 12.9. The highest BCUT2D eigenvalue weighted by Gasteiger charge is 2.33. The summed E-state index contributed by atoms with van der Waals surface area (Å²) in [6, 6.07) is 8.59. The number of nitrogens with one attached hydrogen (secondary N) is 1. The summed E-state index contributed by atoms with van der Waals surface area (Å²) in [5.74, 6) is 0.759. The second-order valence-corrected chi connectivity index (χ2v) is 6.07. The number of rotatable bonds is 7. The minimum Gasteiger partial charge on any atom is -0.493 e. The largest absolute Gasteiger partial charge is 0.493 e. The van der Waals surface area contributed by atoms with Gasteiger partial charge in [0.1, 0.15) is 0 Å². The highest BCUT2D eigenvalue weighted by molar-refractivity contribution is 6.31. The Morgan fingerprint density at radius 3 is 2.52 bits per heavy atom. The first kappa shape index (κ1) is 20.9. The van der Waals surface area contributed by atoms with Gasteiger partial charge in [0, 0.05) is 12.1 Å². The first-order chi connectivity index (χ1) is 12.7. The molecule has 0 atom stereocenters. The quantitative estimate of drug-likeness (QED) is 0.681. The smallest absolute Gasteiger partial charge is 0.417 e. The lowest BCUT2D eigenvalue weighted by Crippen LogP contribution is -2.14. The summed E-state index contributed by atoms with van der Waals surface area (Å²) in [5.41, 5.74) is -0.100. The van der Waals surface area contributed by atoms with Gasteiger partial charge in [0.05, 0.1) is 24.3 Å². The van der Waals surface area contributed by atoms with Gasteiger partial charge in [-0.1, -0.05) is 17.7 Å². The van der Waals surface area contributed by atoms with E-state index >= 15 is 0 Å². The highest BCUT2D eigenvalue weighted by atomic mass is 35.5. The van der Waals surface area contributed by atoms with Crippen molar-refractivity contribution in [2.24, 2.45) is 0 Å². The molecule has 1 N–H and O–H groups in total. The normalized spacial score (nSPS) is 11.2. The Morgan fingerprint density at radius 1 is 1.15 bits per heavy atom. The summed E-state index contributed by atoms with van der Waals surface area (Å²) in [6.45, 7) is 2.36. The molecule has 0 aliphatic carbocycles. The van der Waals surface area contributed by atoms with Gasteiger partial charge in [0.2, 0.25) is 5.91 Å². The molecule has 2 aromatic rings. The van der Waals surface area contributed by atoms with Gasteiger partial charge in [-0.15, -0.1) is 0 Å². The molecule has 0 heterocycles. The van der Waals surface area contributed by atoms with Crippen molar-refractivity contribution in [1.82, 2.24) is 0 Å². The Morgan fingerprint density at radius 2 is 1.89 bits per heavy atom. The van der Waals surface area contributed by atoms with Crippen molar-refractivity contribution in [2.45, 2.75) is 25.9 Å². The Kier molecular flexibility index (Phi) is 6.96. The number of benzene rings is 2. The van der Waals surface area contributed by atoms with E-state index < -0.39 is 22.7 Å². The van der Waals surface area contributed by atoms with Crippen molar-refractivity contribution in [3.8, 4) is 11.5 Å². The molecule has 0 radical (unpaired) electrons. The van der Waals surface area contributed by atoms with Crippen LogP contribution >= 0.6 is 11.6 Å². The molecule has 2 rings (SSSR count). The molecule has 0 aliphatic heterocycles. The zero-order valence-electron chi connectivity index (χ0n) is 14.8. The molecule has 0 aromatic heterocycles. The van der Waals surface area contributed by atoms with Crippen molar-refractivity contribution in [1.29, 1.82) is 0 Å². The molecular weight excluding hydrogens is 383 g/mol. The number of carbonyl (C=O) groups excluding carboxylic acids is 1. The predicted octanol–water partition coefficient (Wildman–Crippen LogP) is 5.34. The number of hydrogen-bond acceptors (Lipinski definition) is 3. The Labute approximate surface area is 160 Å². The van der Waals surface area contributed by atoms with E-state index in [0.717, 1.165) is 17.7 Å². The van der Waals surface area contributed by atoms with Gasteiger partial charge >= 0.3 is 6.18 Å². The molecular formula is C19H19ClF3NO3. The molecule has 0 aliphatic rings. The maximum atomic E-state index is 12.9. The second kappa shape index (κ2) is 8.99. The summed E-state index contributed by atoms with van der Waals surface area (Å²) in [7, 11) is 1.52.